The maximum atomic E-state index is 10.9. The number of aromatic carboxylic acids is 1. The molecule has 0 aliphatic carbocycles. The minimum atomic E-state index is -0.930. The van der Waals surface area contributed by atoms with Gasteiger partial charge in [0.05, 0.1) is 12.1 Å². The molecule has 0 atom stereocenters. The van der Waals surface area contributed by atoms with E-state index in [0.29, 0.717) is 6.54 Å². The fraction of sp³-hybridized carbons (Fsp3) is 0.0714. The molecule has 0 saturated carbocycles. The second-order valence-corrected chi connectivity index (χ2v) is 4.22. The Morgan fingerprint density at radius 3 is 2.37 bits per heavy atom. The van der Waals surface area contributed by atoms with Crippen LogP contribution in [0.15, 0.2) is 48.5 Å². The van der Waals surface area contributed by atoms with Crippen LogP contribution >= 0.6 is 0 Å². The standard InChI is InChI=1S/C14H11N3O2/c18-14(19)11-5-3-4-10(8-11)9-17-15-12-6-1-2-7-13(12)16-17/h1-8H,9H2,(H,18,19). The number of carboxylic acids is 1. The molecule has 0 bridgehead atoms. The minimum absolute atomic E-state index is 0.272. The molecule has 19 heavy (non-hydrogen) atoms. The zero-order valence-electron chi connectivity index (χ0n) is 10.0. The van der Waals surface area contributed by atoms with E-state index in [-0.39, 0.29) is 5.56 Å². The third-order valence-electron chi connectivity index (χ3n) is 2.83. The molecule has 94 valence electrons. The Bertz CT molecular complexity index is 716. The van der Waals surface area contributed by atoms with Gasteiger partial charge in [-0.2, -0.15) is 15.0 Å². The summed E-state index contributed by atoms with van der Waals surface area (Å²) in [6.45, 7) is 0.454. The third-order valence-corrected chi connectivity index (χ3v) is 2.83. The normalized spacial score (nSPS) is 10.7. The monoisotopic (exact) mass is 253 g/mol. The van der Waals surface area contributed by atoms with E-state index in [1.54, 1.807) is 23.0 Å². The van der Waals surface area contributed by atoms with Crippen LogP contribution in [0, 0.1) is 0 Å². The molecule has 0 radical (unpaired) electrons. The summed E-state index contributed by atoms with van der Waals surface area (Å²) in [5, 5.41) is 17.6. The predicted molar refractivity (Wildman–Crippen MR) is 70.0 cm³/mol. The maximum absolute atomic E-state index is 10.9. The summed E-state index contributed by atoms with van der Waals surface area (Å²) >= 11 is 0. The molecule has 3 aromatic rings. The highest BCUT2D eigenvalue weighted by atomic mass is 16.4. The van der Waals surface area contributed by atoms with Crippen LogP contribution in [-0.4, -0.2) is 26.1 Å². The molecule has 3 rings (SSSR count). The van der Waals surface area contributed by atoms with Gasteiger partial charge >= 0.3 is 5.97 Å². The van der Waals surface area contributed by atoms with Gasteiger partial charge in [-0.05, 0) is 29.8 Å². The van der Waals surface area contributed by atoms with Gasteiger partial charge in [-0.15, -0.1) is 0 Å². The van der Waals surface area contributed by atoms with Gasteiger partial charge in [0.25, 0.3) is 0 Å². The van der Waals surface area contributed by atoms with Gasteiger partial charge in [0.1, 0.15) is 11.0 Å². The highest BCUT2D eigenvalue weighted by molar-refractivity contribution is 5.87. The molecule has 0 spiro atoms. The third kappa shape index (κ3) is 2.30. The molecule has 1 N–H and O–H groups in total. The van der Waals surface area contributed by atoms with Crippen molar-refractivity contribution >= 4 is 17.0 Å². The fourth-order valence-corrected chi connectivity index (χ4v) is 1.94. The topological polar surface area (TPSA) is 68.0 Å². The van der Waals surface area contributed by atoms with Crippen LogP contribution in [0.3, 0.4) is 0 Å². The molecule has 1 heterocycles. The lowest BCUT2D eigenvalue weighted by Gasteiger charge is -2.01. The molecule has 0 aliphatic heterocycles. The smallest absolute Gasteiger partial charge is 0.335 e. The minimum Gasteiger partial charge on any atom is -0.478 e. The summed E-state index contributed by atoms with van der Waals surface area (Å²) < 4.78 is 0. The van der Waals surface area contributed by atoms with Crippen molar-refractivity contribution in [2.75, 3.05) is 0 Å². The number of rotatable bonds is 3. The highest BCUT2D eigenvalue weighted by Gasteiger charge is 2.05. The molecular formula is C14H11N3O2. The molecule has 5 heteroatoms. The molecule has 5 nitrogen and oxygen atoms in total. The van der Waals surface area contributed by atoms with E-state index in [1.165, 1.54) is 0 Å². The Labute approximate surface area is 109 Å². The fourth-order valence-electron chi connectivity index (χ4n) is 1.94. The summed E-state index contributed by atoms with van der Waals surface area (Å²) in [5.41, 5.74) is 2.79. The van der Waals surface area contributed by atoms with E-state index >= 15 is 0 Å². The van der Waals surface area contributed by atoms with Crippen molar-refractivity contribution in [3.63, 3.8) is 0 Å². The number of hydrogen-bond acceptors (Lipinski definition) is 3. The van der Waals surface area contributed by atoms with Gasteiger partial charge in [-0.25, -0.2) is 4.79 Å². The zero-order chi connectivity index (χ0) is 13.2. The molecule has 0 amide bonds. The first kappa shape index (κ1) is 11.4. The molecule has 0 saturated heterocycles. The van der Waals surface area contributed by atoms with E-state index < -0.39 is 5.97 Å². The molecule has 0 fully saturated rings. The van der Waals surface area contributed by atoms with Gasteiger partial charge in [-0.1, -0.05) is 24.3 Å². The maximum Gasteiger partial charge on any atom is 0.335 e. The van der Waals surface area contributed by atoms with E-state index in [9.17, 15) is 4.79 Å². The van der Waals surface area contributed by atoms with E-state index in [1.807, 2.05) is 30.3 Å². The predicted octanol–water partition coefficient (Wildman–Crippen LogP) is 2.18. The summed E-state index contributed by atoms with van der Waals surface area (Å²) in [6.07, 6.45) is 0. The van der Waals surface area contributed by atoms with Crippen LogP contribution in [0.25, 0.3) is 11.0 Å². The van der Waals surface area contributed by atoms with E-state index in [4.69, 9.17) is 5.11 Å². The average molecular weight is 253 g/mol. The van der Waals surface area contributed by atoms with E-state index in [0.717, 1.165) is 16.6 Å². The lowest BCUT2D eigenvalue weighted by Crippen LogP contribution is -2.05. The van der Waals surface area contributed by atoms with Crippen LogP contribution in [0.5, 0.6) is 0 Å². The van der Waals surface area contributed by atoms with Crippen molar-refractivity contribution in [1.29, 1.82) is 0 Å². The van der Waals surface area contributed by atoms with Crippen LogP contribution < -0.4 is 0 Å². The number of hydrogen-bond donors (Lipinski definition) is 1. The lowest BCUT2D eigenvalue weighted by molar-refractivity contribution is 0.0696. The number of aromatic nitrogens is 3. The van der Waals surface area contributed by atoms with Crippen LogP contribution in [-0.2, 0) is 6.54 Å². The van der Waals surface area contributed by atoms with Crippen LogP contribution in [0.1, 0.15) is 15.9 Å². The zero-order valence-corrected chi connectivity index (χ0v) is 10.0. The van der Waals surface area contributed by atoms with E-state index in [2.05, 4.69) is 10.2 Å². The molecule has 0 aliphatic rings. The number of carboxylic acid groups (broad SMARTS) is 1. The Morgan fingerprint density at radius 2 is 1.74 bits per heavy atom. The van der Waals surface area contributed by atoms with Crippen molar-refractivity contribution in [3.05, 3.63) is 59.7 Å². The van der Waals surface area contributed by atoms with Gasteiger partial charge in [0.15, 0.2) is 0 Å². The Hall–Kier alpha value is -2.69. The van der Waals surface area contributed by atoms with Gasteiger partial charge < -0.3 is 5.11 Å². The number of nitrogens with zero attached hydrogens (tertiary/aromatic N) is 3. The van der Waals surface area contributed by atoms with Gasteiger partial charge in [-0.3, -0.25) is 0 Å². The SMILES string of the molecule is O=C(O)c1cccc(Cn2nc3ccccc3n2)c1. The number of fused-ring (bicyclic) bond motifs is 1. The quantitative estimate of drug-likeness (QED) is 0.776. The summed E-state index contributed by atoms with van der Waals surface area (Å²) in [6, 6.07) is 14.4. The summed E-state index contributed by atoms with van der Waals surface area (Å²) in [5.74, 6) is -0.930. The van der Waals surface area contributed by atoms with Crippen molar-refractivity contribution in [3.8, 4) is 0 Å². The number of benzene rings is 2. The second-order valence-electron chi connectivity index (χ2n) is 4.22. The van der Waals surface area contributed by atoms with Crippen LogP contribution in [0.4, 0.5) is 0 Å². The highest BCUT2D eigenvalue weighted by Crippen LogP contribution is 2.10. The first-order chi connectivity index (χ1) is 9.22. The summed E-state index contributed by atoms with van der Waals surface area (Å²) in [7, 11) is 0. The lowest BCUT2D eigenvalue weighted by atomic mass is 10.1. The van der Waals surface area contributed by atoms with Gasteiger partial charge in [0.2, 0.25) is 0 Å². The van der Waals surface area contributed by atoms with Crippen molar-refractivity contribution in [1.82, 2.24) is 15.0 Å². The van der Waals surface area contributed by atoms with Crippen LogP contribution in [0.2, 0.25) is 0 Å². The van der Waals surface area contributed by atoms with Crippen molar-refractivity contribution < 1.29 is 9.90 Å². The Morgan fingerprint density at radius 1 is 1.05 bits per heavy atom. The van der Waals surface area contributed by atoms with Crippen molar-refractivity contribution in [2.24, 2.45) is 0 Å². The summed E-state index contributed by atoms with van der Waals surface area (Å²) in [4.78, 5) is 12.5. The molecule has 0 unspecified atom stereocenters. The first-order valence-electron chi connectivity index (χ1n) is 5.84. The molecule has 1 aromatic heterocycles. The average Bonchev–Trinajstić information content (AvgIpc) is 2.81. The Balaban J connectivity index is 1.92. The van der Waals surface area contributed by atoms with Gasteiger partial charge in [0, 0.05) is 0 Å². The second kappa shape index (κ2) is 4.53. The first-order valence-corrected chi connectivity index (χ1v) is 5.84. The largest absolute Gasteiger partial charge is 0.478 e. The Kier molecular flexibility index (Phi) is 2.72. The number of carbonyl (C=O) groups is 1. The van der Waals surface area contributed by atoms with Crippen molar-refractivity contribution in [2.45, 2.75) is 6.54 Å². The molecular weight excluding hydrogens is 242 g/mol. The molecule has 2 aromatic carbocycles.